The topological polar surface area (TPSA) is 89.3 Å². The zero-order valence-corrected chi connectivity index (χ0v) is 7.29. The first-order valence-electron chi connectivity index (χ1n) is 4.27. The van der Waals surface area contributed by atoms with Crippen LogP contribution in [0.5, 0.6) is 0 Å². The maximum atomic E-state index is 11.0. The van der Waals surface area contributed by atoms with E-state index in [2.05, 4.69) is 0 Å². The highest BCUT2D eigenvalue weighted by Gasteiger charge is 2.47. The quantitative estimate of drug-likeness (QED) is 0.528. The molecule has 0 spiro atoms. The Bertz CT molecular complexity index is 189. The van der Waals surface area contributed by atoms with Crippen LogP contribution in [0.15, 0.2) is 0 Å². The van der Waals surface area contributed by atoms with Gasteiger partial charge in [-0.2, -0.15) is 0 Å². The van der Waals surface area contributed by atoms with E-state index >= 15 is 0 Å². The van der Waals surface area contributed by atoms with E-state index in [0.717, 1.165) is 19.3 Å². The number of carbonyl (C=O) groups is 1. The largest absolute Gasteiger partial charge is 0.378 e. The average Bonchev–Trinajstić information content (AvgIpc) is 1.82. The van der Waals surface area contributed by atoms with Crippen molar-refractivity contribution in [1.29, 1.82) is 0 Å². The van der Waals surface area contributed by atoms with Crippen molar-refractivity contribution in [2.24, 2.45) is 17.4 Å². The van der Waals surface area contributed by atoms with Crippen LogP contribution in [-0.4, -0.2) is 22.7 Å². The fourth-order valence-corrected chi connectivity index (χ4v) is 1.65. The summed E-state index contributed by atoms with van der Waals surface area (Å²) in [5, 5.41) is 9.89. The molecule has 1 amide bonds. The first kappa shape index (κ1) is 9.48. The van der Waals surface area contributed by atoms with Crippen LogP contribution in [0.2, 0.25) is 0 Å². The molecular weight excluding hydrogens is 156 g/mol. The van der Waals surface area contributed by atoms with Gasteiger partial charge in [0.05, 0.1) is 0 Å². The van der Waals surface area contributed by atoms with E-state index < -0.39 is 17.6 Å². The minimum absolute atomic E-state index is 0.0324. The molecule has 1 rings (SSSR count). The molecule has 2 atom stereocenters. The van der Waals surface area contributed by atoms with E-state index in [1.807, 2.05) is 0 Å². The second kappa shape index (κ2) is 3.03. The maximum Gasteiger partial charge on any atom is 0.251 e. The summed E-state index contributed by atoms with van der Waals surface area (Å²) in [6.45, 7) is 1.61. The second-order valence-electron chi connectivity index (χ2n) is 3.61. The number of carbonyl (C=O) groups excluding carboxylic acids is 1. The minimum Gasteiger partial charge on any atom is -0.378 e. The fraction of sp³-hybridized carbons (Fsp3) is 0.875. The number of nitrogens with two attached hydrogens (primary N) is 2. The van der Waals surface area contributed by atoms with Crippen LogP contribution in [0, 0.1) is 5.92 Å². The van der Waals surface area contributed by atoms with Crippen LogP contribution < -0.4 is 11.5 Å². The molecule has 0 heterocycles. The van der Waals surface area contributed by atoms with Gasteiger partial charge in [-0.3, -0.25) is 4.79 Å². The molecule has 1 aliphatic rings. The molecule has 70 valence electrons. The molecule has 0 radical (unpaired) electrons. The van der Waals surface area contributed by atoms with Crippen LogP contribution in [0.1, 0.15) is 26.2 Å². The molecule has 4 nitrogen and oxygen atoms in total. The predicted octanol–water partition coefficient (Wildman–Crippen LogP) is -0.650. The molecule has 0 aromatic heterocycles. The van der Waals surface area contributed by atoms with Gasteiger partial charge in [0.25, 0.3) is 5.91 Å². The van der Waals surface area contributed by atoms with Gasteiger partial charge in [-0.15, -0.1) is 0 Å². The highest BCUT2D eigenvalue weighted by atomic mass is 16.3. The molecular formula is C8H16N2O2. The SMILES string of the molecule is CC(N)C(O)(C(N)=O)C1CCC1. The van der Waals surface area contributed by atoms with Gasteiger partial charge in [0.15, 0.2) is 5.60 Å². The first-order valence-corrected chi connectivity index (χ1v) is 4.27. The summed E-state index contributed by atoms with van der Waals surface area (Å²) >= 11 is 0. The predicted molar refractivity (Wildman–Crippen MR) is 45.1 cm³/mol. The van der Waals surface area contributed by atoms with Crippen LogP contribution in [-0.2, 0) is 4.79 Å². The van der Waals surface area contributed by atoms with Crippen LogP contribution in [0.25, 0.3) is 0 Å². The van der Waals surface area contributed by atoms with Crippen molar-refractivity contribution in [3.63, 3.8) is 0 Å². The van der Waals surface area contributed by atoms with E-state index in [-0.39, 0.29) is 5.92 Å². The van der Waals surface area contributed by atoms with Crippen molar-refractivity contribution >= 4 is 5.91 Å². The highest BCUT2D eigenvalue weighted by molar-refractivity contribution is 5.84. The van der Waals surface area contributed by atoms with Crippen molar-refractivity contribution in [3.05, 3.63) is 0 Å². The van der Waals surface area contributed by atoms with Crippen molar-refractivity contribution in [1.82, 2.24) is 0 Å². The molecule has 0 aromatic carbocycles. The number of hydrogen-bond acceptors (Lipinski definition) is 3. The van der Waals surface area contributed by atoms with Crippen molar-refractivity contribution in [2.45, 2.75) is 37.8 Å². The molecule has 0 aliphatic heterocycles. The Morgan fingerprint density at radius 2 is 2.17 bits per heavy atom. The third kappa shape index (κ3) is 1.21. The van der Waals surface area contributed by atoms with Crippen LogP contribution in [0.4, 0.5) is 0 Å². The lowest BCUT2D eigenvalue weighted by atomic mass is 9.69. The summed E-state index contributed by atoms with van der Waals surface area (Å²) in [6.07, 6.45) is 2.74. The van der Waals surface area contributed by atoms with Gasteiger partial charge in [0, 0.05) is 6.04 Å². The van der Waals surface area contributed by atoms with Crippen molar-refractivity contribution in [3.8, 4) is 0 Å². The summed E-state index contributed by atoms with van der Waals surface area (Å²) in [6, 6.07) is -0.583. The van der Waals surface area contributed by atoms with Crippen molar-refractivity contribution in [2.75, 3.05) is 0 Å². The zero-order valence-electron chi connectivity index (χ0n) is 7.29. The lowest BCUT2D eigenvalue weighted by Gasteiger charge is -2.41. The Balaban J connectivity index is 2.77. The smallest absolute Gasteiger partial charge is 0.251 e. The normalized spacial score (nSPS) is 25.6. The Morgan fingerprint density at radius 3 is 2.25 bits per heavy atom. The number of aliphatic hydroxyl groups is 1. The monoisotopic (exact) mass is 172 g/mol. The van der Waals surface area contributed by atoms with Gasteiger partial charge in [0.2, 0.25) is 0 Å². The summed E-state index contributed by atoms with van der Waals surface area (Å²) in [7, 11) is 0. The fourth-order valence-electron chi connectivity index (χ4n) is 1.65. The Hall–Kier alpha value is -0.610. The molecule has 0 bridgehead atoms. The summed E-state index contributed by atoms with van der Waals surface area (Å²) in [5.74, 6) is -0.725. The third-order valence-corrected chi connectivity index (χ3v) is 2.82. The van der Waals surface area contributed by atoms with Gasteiger partial charge in [-0.05, 0) is 25.7 Å². The Kier molecular flexibility index (Phi) is 2.39. The maximum absolute atomic E-state index is 11.0. The van der Waals surface area contributed by atoms with Crippen LogP contribution in [0.3, 0.4) is 0 Å². The van der Waals surface area contributed by atoms with Gasteiger partial charge >= 0.3 is 0 Å². The molecule has 12 heavy (non-hydrogen) atoms. The number of rotatable bonds is 3. The molecule has 1 saturated carbocycles. The average molecular weight is 172 g/mol. The molecule has 1 fully saturated rings. The summed E-state index contributed by atoms with van der Waals surface area (Å²) in [5.41, 5.74) is 9.16. The number of hydrogen-bond donors (Lipinski definition) is 3. The number of primary amides is 1. The highest BCUT2D eigenvalue weighted by Crippen LogP contribution is 2.37. The molecule has 4 heteroatoms. The van der Waals surface area contributed by atoms with Crippen LogP contribution >= 0.6 is 0 Å². The zero-order chi connectivity index (χ0) is 9.35. The molecule has 1 aliphatic carbocycles. The van der Waals surface area contributed by atoms with Crippen molar-refractivity contribution < 1.29 is 9.90 Å². The van der Waals surface area contributed by atoms with E-state index in [9.17, 15) is 9.90 Å². The van der Waals surface area contributed by atoms with E-state index in [1.165, 1.54) is 0 Å². The van der Waals surface area contributed by atoms with E-state index in [4.69, 9.17) is 11.5 Å². The second-order valence-corrected chi connectivity index (χ2v) is 3.61. The lowest BCUT2D eigenvalue weighted by Crippen LogP contribution is -2.61. The minimum atomic E-state index is -1.49. The third-order valence-electron chi connectivity index (χ3n) is 2.82. The molecule has 0 aromatic rings. The molecule has 0 saturated heterocycles. The lowest BCUT2D eigenvalue weighted by molar-refractivity contribution is -0.149. The van der Waals surface area contributed by atoms with Gasteiger partial charge in [0.1, 0.15) is 0 Å². The summed E-state index contributed by atoms with van der Waals surface area (Å²) in [4.78, 5) is 11.0. The van der Waals surface area contributed by atoms with E-state index in [0.29, 0.717) is 0 Å². The first-order chi connectivity index (χ1) is 5.49. The van der Waals surface area contributed by atoms with Gasteiger partial charge in [-0.25, -0.2) is 0 Å². The van der Waals surface area contributed by atoms with Gasteiger partial charge in [-0.1, -0.05) is 6.42 Å². The van der Waals surface area contributed by atoms with E-state index in [1.54, 1.807) is 6.92 Å². The van der Waals surface area contributed by atoms with Gasteiger partial charge < -0.3 is 16.6 Å². The Labute approximate surface area is 71.9 Å². The molecule has 2 unspecified atom stereocenters. The Morgan fingerprint density at radius 1 is 1.67 bits per heavy atom. The summed E-state index contributed by atoms with van der Waals surface area (Å²) < 4.78 is 0. The standard InChI is InChI=1S/C8H16N2O2/c1-5(9)8(12,7(10)11)6-3-2-4-6/h5-6,12H,2-4,9H2,1H3,(H2,10,11). The number of amides is 1. The molecule has 5 N–H and O–H groups in total.